The highest BCUT2D eigenvalue weighted by Crippen LogP contribution is 2.48. The number of hydroxylamine groups is 1. The summed E-state index contributed by atoms with van der Waals surface area (Å²) in [5.41, 5.74) is 2.23. The van der Waals surface area contributed by atoms with Crippen LogP contribution in [-0.4, -0.2) is 12.9 Å². The topological polar surface area (TPSA) is 29.5 Å². The second kappa shape index (κ2) is 5.62. The predicted octanol–water partition coefficient (Wildman–Crippen LogP) is 4.19. The Balaban J connectivity index is 2.07. The Hall–Kier alpha value is -2.91. The average molecular weight is 315 g/mol. The SMILES string of the molecule is CON1c2ccccc2C(=O)C1(c1ccccc1)c1ccccc1. The quantitative estimate of drug-likeness (QED) is 0.725. The van der Waals surface area contributed by atoms with E-state index >= 15 is 0 Å². The van der Waals surface area contributed by atoms with E-state index in [1.165, 1.54) is 0 Å². The summed E-state index contributed by atoms with van der Waals surface area (Å²) in [6.07, 6.45) is 0. The van der Waals surface area contributed by atoms with Crippen LogP contribution >= 0.6 is 0 Å². The number of benzene rings is 3. The van der Waals surface area contributed by atoms with E-state index in [4.69, 9.17) is 4.84 Å². The lowest BCUT2D eigenvalue weighted by atomic mass is 9.79. The van der Waals surface area contributed by atoms with Crippen LogP contribution in [0.5, 0.6) is 0 Å². The summed E-state index contributed by atoms with van der Waals surface area (Å²) in [7, 11) is 1.61. The lowest BCUT2D eigenvalue weighted by Crippen LogP contribution is -2.48. The number of nitrogens with zero attached hydrogens (tertiary/aromatic N) is 1. The van der Waals surface area contributed by atoms with Crippen molar-refractivity contribution in [1.82, 2.24) is 0 Å². The zero-order chi connectivity index (χ0) is 16.6. The maximum atomic E-state index is 13.6. The first-order valence-corrected chi connectivity index (χ1v) is 7.89. The Morgan fingerprint density at radius 3 is 1.79 bits per heavy atom. The Bertz CT molecular complexity index is 835. The molecule has 0 saturated heterocycles. The molecular formula is C21H17NO2. The van der Waals surface area contributed by atoms with Crippen LogP contribution in [-0.2, 0) is 10.4 Å². The molecule has 0 radical (unpaired) electrons. The van der Waals surface area contributed by atoms with Crippen LogP contribution in [0.25, 0.3) is 0 Å². The van der Waals surface area contributed by atoms with E-state index in [2.05, 4.69) is 0 Å². The van der Waals surface area contributed by atoms with Gasteiger partial charge in [-0.1, -0.05) is 72.8 Å². The van der Waals surface area contributed by atoms with Crippen molar-refractivity contribution in [1.29, 1.82) is 0 Å². The third kappa shape index (κ3) is 1.85. The largest absolute Gasteiger partial charge is 0.291 e. The molecule has 0 atom stereocenters. The Morgan fingerprint density at radius 2 is 1.25 bits per heavy atom. The molecular weight excluding hydrogens is 298 g/mol. The van der Waals surface area contributed by atoms with Crippen molar-refractivity contribution in [2.24, 2.45) is 0 Å². The fourth-order valence-electron chi connectivity index (χ4n) is 3.57. The van der Waals surface area contributed by atoms with Gasteiger partial charge in [-0.3, -0.25) is 9.63 Å². The fraction of sp³-hybridized carbons (Fsp3) is 0.0952. The fourth-order valence-corrected chi connectivity index (χ4v) is 3.57. The molecule has 0 aliphatic carbocycles. The molecule has 3 nitrogen and oxygen atoms in total. The number of anilines is 1. The molecule has 1 aliphatic heterocycles. The number of rotatable bonds is 3. The number of para-hydroxylation sites is 1. The van der Waals surface area contributed by atoms with Crippen molar-refractivity contribution >= 4 is 11.5 Å². The summed E-state index contributed by atoms with van der Waals surface area (Å²) in [6.45, 7) is 0. The highest BCUT2D eigenvalue weighted by atomic mass is 16.7. The molecule has 0 saturated carbocycles. The standard InChI is InChI=1S/C21H17NO2/c1-24-22-19-15-9-8-14-18(19)20(23)21(22,16-10-4-2-5-11-16)17-12-6-3-7-13-17/h2-15H,1H3. The van der Waals surface area contributed by atoms with Crippen molar-refractivity contribution in [3.05, 3.63) is 102 Å². The number of ketones is 1. The van der Waals surface area contributed by atoms with E-state index in [0.717, 1.165) is 16.8 Å². The molecule has 0 fully saturated rings. The first-order chi connectivity index (χ1) is 11.8. The minimum absolute atomic E-state index is 0.0253. The van der Waals surface area contributed by atoms with Gasteiger partial charge in [0.2, 0.25) is 5.78 Å². The van der Waals surface area contributed by atoms with Crippen LogP contribution in [0.3, 0.4) is 0 Å². The van der Waals surface area contributed by atoms with Gasteiger partial charge in [-0.15, -0.1) is 0 Å². The van der Waals surface area contributed by atoms with E-state index in [-0.39, 0.29) is 5.78 Å². The highest BCUT2D eigenvalue weighted by Gasteiger charge is 2.54. The summed E-state index contributed by atoms with van der Waals surface area (Å²) < 4.78 is 0. The Kier molecular flexibility index (Phi) is 3.44. The van der Waals surface area contributed by atoms with Gasteiger partial charge < -0.3 is 0 Å². The molecule has 1 heterocycles. The lowest BCUT2D eigenvalue weighted by molar-refractivity contribution is 0.0755. The zero-order valence-corrected chi connectivity index (χ0v) is 13.3. The highest BCUT2D eigenvalue weighted by molar-refractivity contribution is 6.15. The maximum Gasteiger partial charge on any atom is 0.202 e. The minimum Gasteiger partial charge on any atom is -0.291 e. The number of fused-ring (bicyclic) bond motifs is 1. The molecule has 1 aliphatic rings. The maximum absolute atomic E-state index is 13.6. The molecule has 0 amide bonds. The number of Topliss-reactive ketones (excluding diaryl/α,β-unsaturated/α-hetero) is 1. The van der Waals surface area contributed by atoms with Crippen molar-refractivity contribution in [2.75, 3.05) is 12.2 Å². The van der Waals surface area contributed by atoms with Crippen LogP contribution in [0.2, 0.25) is 0 Å². The number of hydrogen-bond donors (Lipinski definition) is 0. The van der Waals surface area contributed by atoms with Crippen molar-refractivity contribution < 1.29 is 9.63 Å². The van der Waals surface area contributed by atoms with Gasteiger partial charge in [0.25, 0.3) is 0 Å². The minimum atomic E-state index is -1.01. The smallest absolute Gasteiger partial charge is 0.202 e. The summed E-state index contributed by atoms with van der Waals surface area (Å²) >= 11 is 0. The monoisotopic (exact) mass is 315 g/mol. The molecule has 3 aromatic carbocycles. The van der Waals surface area contributed by atoms with Crippen LogP contribution in [0.4, 0.5) is 5.69 Å². The molecule has 0 spiro atoms. The summed E-state index contributed by atoms with van der Waals surface area (Å²) in [4.78, 5) is 19.3. The van der Waals surface area contributed by atoms with Crippen LogP contribution in [0, 0.1) is 0 Å². The number of carbonyl (C=O) groups excluding carboxylic acids is 1. The first kappa shape index (κ1) is 14.7. The molecule has 4 rings (SSSR count). The second-order valence-electron chi connectivity index (χ2n) is 5.77. The van der Waals surface area contributed by atoms with Crippen molar-refractivity contribution in [2.45, 2.75) is 5.54 Å². The van der Waals surface area contributed by atoms with Gasteiger partial charge in [0.1, 0.15) is 0 Å². The Morgan fingerprint density at radius 1 is 0.750 bits per heavy atom. The third-order valence-electron chi connectivity index (χ3n) is 4.57. The van der Waals surface area contributed by atoms with Gasteiger partial charge in [0.15, 0.2) is 5.54 Å². The van der Waals surface area contributed by atoms with Gasteiger partial charge in [-0.25, -0.2) is 5.06 Å². The van der Waals surface area contributed by atoms with Gasteiger partial charge in [0.05, 0.1) is 12.8 Å². The molecule has 3 aromatic rings. The van der Waals surface area contributed by atoms with E-state index in [9.17, 15) is 4.79 Å². The van der Waals surface area contributed by atoms with Crippen LogP contribution in [0.1, 0.15) is 21.5 Å². The molecule has 0 aromatic heterocycles. The van der Waals surface area contributed by atoms with Crippen LogP contribution < -0.4 is 5.06 Å². The molecule has 0 bridgehead atoms. The van der Waals surface area contributed by atoms with E-state index < -0.39 is 5.54 Å². The van der Waals surface area contributed by atoms with Gasteiger partial charge in [-0.05, 0) is 23.3 Å². The Labute approximate surface area is 141 Å². The predicted molar refractivity (Wildman–Crippen MR) is 93.9 cm³/mol. The van der Waals surface area contributed by atoms with Gasteiger partial charge in [-0.2, -0.15) is 0 Å². The van der Waals surface area contributed by atoms with Gasteiger partial charge >= 0.3 is 0 Å². The summed E-state index contributed by atoms with van der Waals surface area (Å²) in [5.74, 6) is 0.0253. The van der Waals surface area contributed by atoms with Gasteiger partial charge in [0, 0.05) is 5.56 Å². The van der Waals surface area contributed by atoms with Crippen molar-refractivity contribution in [3.8, 4) is 0 Å². The third-order valence-corrected chi connectivity index (χ3v) is 4.57. The number of hydrogen-bond acceptors (Lipinski definition) is 3. The van der Waals surface area contributed by atoms with E-state index in [1.54, 1.807) is 12.2 Å². The first-order valence-electron chi connectivity index (χ1n) is 7.89. The molecule has 0 unspecified atom stereocenters. The summed E-state index contributed by atoms with van der Waals surface area (Å²) in [6, 6.07) is 27.2. The summed E-state index contributed by atoms with van der Waals surface area (Å²) in [5, 5.41) is 1.73. The molecule has 3 heteroatoms. The molecule has 118 valence electrons. The molecule has 0 N–H and O–H groups in total. The lowest BCUT2D eigenvalue weighted by Gasteiger charge is -2.37. The average Bonchev–Trinajstić information content (AvgIpc) is 2.92. The van der Waals surface area contributed by atoms with E-state index in [1.807, 2.05) is 84.9 Å². The van der Waals surface area contributed by atoms with Crippen molar-refractivity contribution in [3.63, 3.8) is 0 Å². The second-order valence-corrected chi connectivity index (χ2v) is 5.77. The number of carbonyl (C=O) groups is 1. The van der Waals surface area contributed by atoms with Crippen LogP contribution in [0.15, 0.2) is 84.9 Å². The van der Waals surface area contributed by atoms with E-state index in [0.29, 0.717) is 5.56 Å². The molecule has 24 heavy (non-hydrogen) atoms. The normalized spacial score (nSPS) is 15.4. The zero-order valence-electron chi connectivity index (χ0n) is 13.3.